The summed E-state index contributed by atoms with van der Waals surface area (Å²) in [6.45, 7) is 3.05. The van der Waals surface area contributed by atoms with E-state index in [0.29, 0.717) is 32.5 Å². The molecule has 156 valence electrons. The molecular formula is C18H26N2O6S2. The van der Waals surface area contributed by atoms with Crippen LogP contribution in [0.5, 0.6) is 0 Å². The first-order chi connectivity index (χ1) is 13.2. The Balaban J connectivity index is 1.70. The van der Waals surface area contributed by atoms with E-state index in [2.05, 4.69) is 5.32 Å². The molecule has 1 aromatic carbocycles. The number of hydrogen-bond donors (Lipinski definition) is 1. The van der Waals surface area contributed by atoms with E-state index < -0.39 is 31.0 Å². The Bertz CT molecular complexity index is 893. The zero-order chi connectivity index (χ0) is 20.4. The summed E-state index contributed by atoms with van der Waals surface area (Å²) in [6.07, 6.45) is 0.884. The molecule has 28 heavy (non-hydrogen) atoms. The average Bonchev–Trinajstić information content (AvgIpc) is 2.98. The van der Waals surface area contributed by atoms with Crippen molar-refractivity contribution in [3.8, 4) is 0 Å². The molecule has 2 fully saturated rings. The molecule has 2 aliphatic heterocycles. The van der Waals surface area contributed by atoms with Gasteiger partial charge in [0, 0.05) is 25.2 Å². The molecule has 8 nitrogen and oxygen atoms in total. The molecule has 0 aromatic heterocycles. The average molecular weight is 431 g/mol. The van der Waals surface area contributed by atoms with Gasteiger partial charge in [-0.1, -0.05) is 18.2 Å². The van der Waals surface area contributed by atoms with E-state index in [0.717, 1.165) is 0 Å². The first kappa shape index (κ1) is 21.1. The van der Waals surface area contributed by atoms with Crippen LogP contribution in [0.4, 0.5) is 4.79 Å². The third-order valence-corrected chi connectivity index (χ3v) is 9.41. The van der Waals surface area contributed by atoms with Gasteiger partial charge in [0.2, 0.25) is 0 Å². The topological polar surface area (TPSA) is 110 Å². The third-order valence-electron chi connectivity index (χ3n) is 5.24. The number of nitrogens with zero attached hydrogens (tertiary/aromatic N) is 1. The van der Waals surface area contributed by atoms with Gasteiger partial charge in [-0.2, -0.15) is 0 Å². The molecule has 2 saturated heterocycles. The third kappa shape index (κ3) is 4.66. The highest BCUT2D eigenvalue weighted by Gasteiger charge is 2.46. The van der Waals surface area contributed by atoms with Crippen molar-refractivity contribution in [1.29, 1.82) is 0 Å². The van der Waals surface area contributed by atoms with Crippen LogP contribution in [0.1, 0.15) is 19.8 Å². The first-order valence-electron chi connectivity index (χ1n) is 9.40. The van der Waals surface area contributed by atoms with Crippen LogP contribution in [-0.4, -0.2) is 76.4 Å². The fraction of sp³-hybridized carbons (Fsp3) is 0.611. The van der Waals surface area contributed by atoms with E-state index in [4.69, 9.17) is 4.74 Å². The number of nitrogens with one attached hydrogen (secondary N) is 1. The standard InChI is InChI=1S/C18H26N2O6S2/c1-2-26-18(21)20-10-8-14(9-11-20)19-16-12-27(22,23)13-17(16)28(24,25)15-6-4-3-5-7-15/h3-7,14,16-17,19H,2,8-13H2,1H3/t16-,17-/m0/s1. The molecule has 1 N–H and O–H groups in total. The van der Waals surface area contributed by atoms with Crippen molar-refractivity contribution < 1.29 is 26.4 Å². The zero-order valence-electron chi connectivity index (χ0n) is 15.8. The first-order valence-corrected chi connectivity index (χ1v) is 12.8. The number of hydrogen-bond acceptors (Lipinski definition) is 7. The summed E-state index contributed by atoms with van der Waals surface area (Å²) in [6, 6.07) is 7.27. The Kier molecular flexibility index (Phi) is 6.31. The number of benzene rings is 1. The number of carbonyl (C=O) groups is 1. The number of carbonyl (C=O) groups excluding carboxylic acids is 1. The Labute approximate surface area is 166 Å². The molecule has 0 unspecified atom stereocenters. The van der Waals surface area contributed by atoms with E-state index >= 15 is 0 Å². The molecule has 2 atom stereocenters. The van der Waals surface area contributed by atoms with Gasteiger partial charge in [-0.05, 0) is 31.9 Å². The minimum absolute atomic E-state index is 0.0440. The van der Waals surface area contributed by atoms with E-state index in [1.807, 2.05) is 0 Å². The predicted molar refractivity (Wildman–Crippen MR) is 105 cm³/mol. The van der Waals surface area contributed by atoms with Crippen molar-refractivity contribution in [2.24, 2.45) is 0 Å². The largest absolute Gasteiger partial charge is 0.450 e. The van der Waals surface area contributed by atoms with E-state index in [1.165, 1.54) is 12.1 Å². The lowest BCUT2D eigenvalue weighted by molar-refractivity contribution is 0.0945. The lowest BCUT2D eigenvalue weighted by Crippen LogP contribution is -2.52. The second kappa shape index (κ2) is 8.38. The van der Waals surface area contributed by atoms with Gasteiger partial charge in [-0.3, -0.25) is 0 Å². The normalized spacial score (nSPS) is 25.5. The second-order valence-corrected chi connectivity index (χ2v) is 11.5. The van der Waals surface area contributed by atoms with Crippen molar-refractivity contribution in [2.75, 3.05) is 31.2 Å². The minimum Gasteiger partial charge on any atom is -0.450 e. The summed E-state index contributed by atoms with van der Waals surface area (Å²) >= 11 is 0. The molecule has 0 bridgehead atoms. The van der Waals surface area contributed by atoms with Crippen molar-refractivity contribution in [1.82, 2.24) is 10.2 Å². The highest BCUT2D eigenvalue weighted by molar-refractivity contribution is 7.96. The zero-order valence-corrected chi connectivity index (χ0v) is 17.4. The maximum atomic E-state index is 13.0. The maximum absolute atomic E-state index is 13.0. The second-order valence-electron chi connectivity index (χ2n) is 7.21. The molecule has 0 aliphatic carbocycles. The van der Waals surface area contributed by atoms with Crippen LogP contribution in [0.2, 0.25) is 0 Å². The molecule has 0 radical (unpaired) electrons. The van der Waals surface area contributed by atoms with Crippen LogP contribution in [0.3, 0.4) is 0 Å². The lowest BCUT2D eigenvalue weighted by Gasteiger charge is -2.34. The van der Waals surface area contributed by atoms with Crippen LogP contribution in [0.15, 0.2) is 35.2 Å². The number of amides is 1. The van der Waals surface area contributed by atoms with Crippen LogP contribution in [0, 0.1) is 0 Å². The number of sulfone groups is 2. The van der Waals surface area contributed by atoms with Crippen molar-refractivity contribution in [2.45, 2.75) is 42.0 Å². The molecule has 2 aliphatic rings. The molecule has 1 amide bonds. The van der Waals surface area contributed by atoms with Crippen LogP contribution < -0.4 is 5.32 Å². The van der Waals surface area contributed by atoms with E-state index in [9.17, 15) is 21.6 Å². The summed E-state index contributed by atoms with van der Waals surface area (Å²) in [4.78, 5) is 13.6. The smallest absolute Gasteiger partial charge is 0.409 e. The van der Waals surface area contributed by atoms with Crippen molar-refractivity contribution in [3.63, 3.8) is 0 Å². The molecule has 3 rings (SSSR count). The van der Waals surface area contributed by atoms with Gasteiger partial charge in [0.1, 0.15) is 0 Å². The van der Waals surface area contributed by atoms with E-state index in [-0.39, 0.29) is 28.5 Å². The van der Waals surface area contributed by atoms with Gasteiger partial charge in [-0.15, -0.1) is 0 Å². The summed E-state index contributed by atoms with van der Waals surface area (Å²) in [5.41, 5.74) is 0. The fourth-order valence-electron chi connectivity index (χ4n) is 3.81. The molecule has 2 heterocycles. The highest BCUT2D eigenvalue weighted by Crippen LogP contribution is 2.27. The van der Waals surface area contributed by atoms with Gasteiger partial charge >= 0.3 is 6.09 Å². The molecule has 1 aromatic rings. The number of likely N-dealkylation sites (tertiary alicyclic amines) is 1. The molecule has 0 spiro atoms. The summed E-state index contributed by atoms with van der Waals surface area (Å²) < 4.78 is 55.4. The number of piperidine rings is 1. The Morgan fingerprint density at radius 2 is 1.82 bits per heavy atom. The highest BCUT2D eigenvalue weighted by atomic mass is 32.2. The van der Waals surface area contributed by atoms with E-state index in [1.54, 1.807) is 30.0 Å². The molecular weight excluding hydrogens is 404 g/mol. The van der Waals surface area contributed by atoms with Gasteiger partial charge in [0.05, 0.1) is 28.3 Å². The minimum atomic E-state index is -3.77. The van der Waals surface area contributed by atoms with Crippen LogP contribution in [-0.2, 0) is 24.4 Å². The SMILES string of the molecule is CCOC(=O)N1CCC(N[C@H]2CS(=O)(=O)C[C@@H]2S(=O)(=O)c2ccccc2)CC1. The molecule has 10 heteroatoms. The quantitative estimate of drug-likeness (QED) is 0.737. The summed E-state index contributed by atoms with van der Waals surface area (Å²) in [7, 11) is -7.21. The number of ether oxygens (including phenoxy) is 1. The van der Waals surface area contributed by atoms with Gasteiger partial charge in [0.25, 0.3) is 0 Å². The van der Waals surface area contributed by atoms with Crippen LogP contribution >= 0.6 is 0 Å². The van der Waals surface area contributed by atoms with Crippen LogP contribution in [0.25, 0.3) is 0 Å². The Morgan fingerprint density at radius 3 is 2.43 bits per heavy atom. The Morgan fingerprint density at radius 1 is 1.18 bits per heavy atom. The van der Waals surface area contributed by atoms with Crippen molar-refractivity contribution in [3.05, 3.63) is 30.3 Å². The summed E-state index contributed by atoms with van der Waals surface area (Å²) in [5.74, 6) is -0.564. The summed E-state index contributed by atoms with van der Waals surface area (Å²) in [5, 5.41) is 2.24. The van der Waals surface area contributed by atoms with Gasteiger partial charge in [0.15, 0.2) is 19.7 Å². The van der Waals surface area contributed by atoms with Gasteiger partial charge in [-0.25, -0.2) is 21.6 Å². The van der Waals surface area contributed by atoms with Crippen molar-refractivity contribution >= 4 is 25.8 Å². The fourth-order valence-corrected chi connectivity index (χ4v) is 8.51. The Hall–Kier alpha value is -1.65. The predicted octanol–water partition coefficient (Wildman–Crippen LogP) is 0.836. The number of rotatable bonds is 5. The maximum Gasteiger partial charge on any atom is 0.409 e. The lowest BCUT2D eigenvalue weighted by atomic mass is 10.0. The van der Waals surface area contributed by atoms with Gasteiger partial charge < -0.3 is 15.0 Å². The monoisotopic (exact) mass is 430 g/mol. The molecule has 0 saturated carbocycles.